The van der Waals surface area contributed by atoms with Crippen molar-refractivity contribution >= 4 is 17.1 Å². The van der Waals surface area contributed by atoms with E-state index in [1.165, 1.54) is 12.1 Å². The van der Waals surface area contributed by atoms with E-state index in [1.807, 2.05) is 19.1 Å². The van der Waals surface area contributed by atoms with E-state index < -0.39 is 11.7 Å². The van der Waals surface area contributed by atoms with Crippen LogP contribution < -0.4 is 11.1 Å². The Labute approximate surface area is 109 Å². The van der Waals surface area contributed by atoms with Gasteiger partial charge in [-0.05, 0) is 42.8 Å². The molecule has 0 aliphatic rings. The predicted molar refractivity (Wildman–Crippen MR) is 70.3 cm³/mol. The van der Waals surface area contributed by atoms with E-state index in [9.17, 15) is 13.2 Å². The number of benzene rings is 2. The number of alkyl halides is 3. The predicted octanol–water partition coefficient (Wildman–Crippen LogP) is 4.34. The van der Waals surface area contributed by atoms with Crippen molar-refractivity contribution in [2.75, 3.05) is 11.1 Å². The zero-order valence-corrected chi connectivity index (χ0v) is 10.3. The lowest BCUT2D eigenvalue weighted by Gasteiger charge is -2.12. The van der Waals surface area contributed by atoms with Gasteiger partial charge < -0.3 is 11.1 Å². The molecule has 0 saturated heterocycles. The third kappa shape index (κ3) is 2.99. The smallest absolute Gasteiger partial charge is 0.397 e. The number of anilines is 3. The minimum Gasteiger partial charge on any atom is -0.397 e. The molecule has 2 rings (SSSR count). The average molecular weight is 266 g/mol. The standard InChI is InChI=1S/C14H13F3N2/c1-9-3-2-4-12(13(9)18)19-11-7-5-10(6-8-11)14(15,16)17/h2-8,19H,18H2,1H3. The molecule has 3 N–H and O–H groups in total. The van der Waals surface area contributed by atoms with Crippen LogP contribution in [0.3, 0.4) is 0 Å². The van der Waals surface area contributed by atoms with Crippen LogP contribution in [0.15, 0.2) is 42.5 Å². The fraction of sp³-hybridized carbons (Fsp3) is 0.143. The number of hydrogen-bond acceptors (Lipinski definition) is 2. The molecule has 2 aromatic rings. The molecular weight excluding hydrogens is 253 g/mol. The van der Waals surface area contributed by atoms with Crippen molar-refractivity contribution in [3.05, 3.63) is 53.6 Å². The summed E-state index contributed by atoms with van der Waals surface area (Å²) in [4.78, 5) is 0. The van der Waals surface area contributed by atoms with Gasteiger partial charge in [0.05, 0.1) is 16.9 Å². The van der Waals surface area contributed by atoms with E-state index in [0.29, 0.717) is 17.1 Å². The normalized spacial score (nSPS) is 11.4. The molecule has 0 unspecified atom stereocenters. The summed E-state index contributed by atoms with van der Waals surface area (Å²) in [6, 6.07) is 10.3. The Bertz CT molecular complexity index is 574. The largest absolute Gasteiger partial charge is 0.416 e. The number of para-hydroxylation sites is 1. The molecule has 0 saturated carbocycles. The SMILES string of the molecule is Cc1cccc(Nc2ccc(C(F)(F)F)cc2)c1N. The van der Waals surface area contributed by atoms with Gasteiger partial charge in [0, 0.05) is 5.69 Å². The molecule has 0 atom stereocenters. The lowest BCUT2D eigenvalue weighted by Crippen LogP contribution is -2.04. The Balaban J connectivity index is 2.23. The number of halogens is 3. The van der Waals surface area contributed by atoms with Gasteiger partial charge in [-0.1, -0.05) is 12.1 Å². The molecule has 2 nitrogen and oxygen atoms in total. The number of rotatable bonds is 2. The van der Waals surface area contributed by atoms with E-state index in [2.05, 4.69) is 5.32 Å². The molecule has 2 aromatic carbocycles. The fourth-order valence-electron chi connectivity index (χ4n) is 1.69. The van der Waals surface area contributed by atoms with Gasteiger partial charge in [-0.2, -0.15) is 13.2 Å². The topological polar surface area (TPSA) is 38.0 Å². The van der Waals surface area contributed by atoms with Gasteiger partial charge in [-0.25, -0.2) is 0 Å². The Morgan fingerprint density at radius 1 is 1.00 bits per heavy atom. The summed E-state index contributed by atoms with van der Waals surface area (Å²) >= 11 is 0. The summed E-state index contributed by atoms with van der Waals surface area (Å²) in [6.45, 7) is 1.87. The van der Waals surface area contributed by atoms with E-state index in [1.54, 1.807) is 6.07 Å². The lowest BCUT2D eigenvalue weighted by atomic mass is 10.1. The maximum absolute atomic E-state index is 12.4. The summed E-state index contributed by atoms with van der Waals surface area (Å²) in [5, 5.41) is 3.00. The fourth-order valence-corrected chi connectivity index (χ4v) is 1.69. The van der Waals surface area contributed by atoms with Crippen LogP contribution in [-0.4, -0.2) is 0 Å². The highest BCUT2D eigenvalue weighted by molar-refractivity contribution is 5.74. The molecular formula is C14H13F3N2. The van der Waals surface area contributed by atoms with Crippen molar-refractivity contribution in [3.8, 4) is 0 Å². The molecule has 0 radical (unpaired) electrons. The molecule has 0 amide bonds. The third-order valence-electron chi connectivity index (χ3n) is 2.82. The zero-order chi connectivity index (χ0) is 14.0. The summed E-state index contributed by atoms with van der Waals surface area (Å²) in [5.41, 5.74) is 7.96. The third-order valence-corrected chi connectivity index (χ3v) is 2.82. The Hall–Kier alpha value is -2.17. The maximum atomic E-state index is 12.4. The van der Waals surface area contributed by atoms with Crippen molar-refractivity contribution in [2.45, 2.75) is 13.1 Å². The molecule has 0 bridgehead atoms. The molecule has 5 heteroatoms. The summed E-state index contributed by atoms with van der Waals surface area (Å²) in [6.07, 6.45) is -4.32. The van der Waals surface area contributed by atoms with Crippen LogP contribution in [-0.2, 0) is 6.18 Å². The molecule has 0 aromatic heterocycles. The van der Waals surface area contributed by atoms with Crippen LogP contribution in [0.4, 0.5) is 30.2 Å². The minimum absolute atomic E-state index is 0.560. The van der Waals surface area contributed by atoms with Crippen molar-refractivity contribution in [2.24, 2.45) is 0 Å². The maximum Gasteiger partial charge on any atom is 0.416 e. The van der Waals surface area contributed by atoms with Gasteiger partial charge in [0.25, 0.3) is 0 Å². The minimum atomic E-state index is -4.32. The van der Waals surface area contributed by atoms with Gasteiger partial charge in [-0.3, -0.25) is 0 Å². The van der Waals surface area contributed by atoms with Gasteiger partial charge in [-0.15, -0.1) is 0 Å². The van der Waals surface area contributed by atoms with Gasteiger partial charge >= 0.3 is 6.18 Å². The van der Waals surface area contributed by atoms with Crippen LogP contribution >= 0.6 is 0 Å². The van der Waals surface area contributed by atoms with Gasteiger partial charge in [0.15, 0.2) is 0 Å². The van der Waals surface area contributed by atoms with E-state index in [-0.39, 0.29) is 0 Å². The second-order valence-corrected chi connectivity index (χ2v) is 4.24. The number of nitrogens with one attached hydrogen (secondary N) is 1. The molecule has 0 spiro atoms. The quantitative estimate of drug-likeness (QED) is 0.793. The molecule has 0 aliphatic carbocycles. The number of nitrogens with two attached hydrogens (primary N) is 1. The van der Waals surface area contributed by atoms with Gasteiger partial charge in [0.1, 0.15) is 0 Å². The zero-order valence-electron chi connectivity index (χ0n) is 10.3. The molecule has 0 aliphatic heterocycles. The number of aryl methyl sites for hydroxylation is 1. The first-order chi connectivity index (χ1) is 8.88. The average Bonchev–Trinajstić information content (AvgIpc) is 2.35. The first-order valence-corrected chi connectivity index (χ1v) is 5.67. The summed E-state index contributed by atoms with van der Waals surface area (Å²) < 4.78 is 37.3. The second kappa shape index (κ2) is 4.84. The number of hydrogen-bond donors (Lipinski definition) is 2. The summed E-state index contributed by atoms with van der Waals surface area (Å²) in [5.74, 6) is 0. The van der Waals surface area contributed by atoms with Crippen molar-refractivity contribution < 1.29 is 13.2 Å². The van der Waals surface area contributed by atoms with Crippen LogP contribution in [0, 0.1) is 6.92 Å². The number of nitrogen functional groups attached to an aromatic ring is 1. The highest BCUT2D eigenvalue weighted by atomic mass is 19.4. The molecule has 0 heterocycles. The van der Waals surface area contributed by atoms with Crippen molar-refractivity contribution in [3.63, 3.8) is 0 Å². The highest BCUT2D eigenvalue weighted by Gasteiger charge is 2.29. The van der Waals surface area contributed by atoms with E-state index in [0.717, 1.165) is 17.7 Å². The van der Waals surface area contributed by atoms with Crippen LogP contribution in [0.5, 0.6) is 0 Å². The first-order valence-electron chi connectivity index (χ1n) is 5.67. The van der Waals surface area contributed by atoms with Crippen LogP contribution in [0.1, 0.15) is 11.1 Å². The van der Waals surface area contributed by atoms with E-state index in [4.69, 9.17) is 5.73 Å². The Morgan fingerprint density at radius 3 is 2.21 bits per heavy atom. The van der Waals surface area contributed by atoms with Crippen molar-refractivity contribution in [1.29, 1.82) is 0 Å². The second-order valence-electron chi connectivity index (χ2n) is 4.24. The van der Waals surface area contributed by atoms with Crippen LogP contribution in [0.2, 0.25) is 0 Å². The first kappa shape index (κ1) is 13.3. The van der Waals surface area contributed by atoms with Crippen LogP contribution in [0.25, 0.3) is 0 Å². The monoisotopic (exact) mass is 266 g/mol. The van der Waals surface area contributed by atoms with Crippen molar-refractivity contribution in [1.82, 2.24) is 0 Å². The van der Waals surface area contributed by atoms with Gasteiger partial charge in [0.2, 0.25) is 0 Å². The Kier molecular flexibility index (Phi) is 3.38. The lowest BCUT2D eigenvalue weighted by molar-refractivity contribution is -0.137. The molecule has 100 valence electrons. The molecule has 0 fully saturated rings. The van der Waals surface area contributed by atoms with E-state index >= 15 is 0 Å². The highest BCUT2D eigenvalue weighted by Crippen LogP contribution is 2.31. The molecule has 19 heavy (non-hydrogen) atoms. The Morgan fingerprint density at radius 2 is 1.63 bits per heavy atom. The summed E-state index contributed by atoms with van der Waals surface area (Å²) in [7, 11) is 0.